The summed E-state index contributed by atoms with van der Waals surface area (Å²) >= 11 is 5.84. The van der Waals surface area contributed by atoms with Gasteiger partial charge in [-0.15, -0.1) is 0 Å². The van der Waals surface area contributed by atoms with Crippen molar-refractivity contribution in [1.29, 1.82) is 0 Å². The molecule has 1 atom stereocenters. The van der Waals surface area contributed by atoms with E-state index in [1.54, 1.807) is 24.3 Å². The molecule has 0 aliphatic rings. The van der Waals surface area contributed by atoms with Crippen molar-refractivity contribution in [2.24, 2.45) is 0 Å². The summed E-state index contributed by atoms with van der Waals surface area (Å²) in [5, 5.41) is 11.2. The van der Waals surface area contributed by atoms with Crippen LogP contribution in [-0.4, -0.2) is 18.8 Å². The molecular formula is C11H11ClO3. The number of methoxy groups -OCH3 is 1. The average Bonchev–Trinajstić information content (AvgIpc) is 2.60. The molecule has 0 aliphatic carbocycles. The van der Waals surface area contributed by atoms with Gasteiger partial charge in [0.25, 0.3) is 0 Å². The van der Waals surface area contributed by atoms with Gasteiger partial charge in [-0.2, -0.15) is 0 Å². The van der Waals surface area contributed by atoms with E-state index in [-0.39, 0.29) is 6.61 Å². The third-order valence-electron chi connectivity index (χ3n) is 2.15. The van der Waals surface area contributed by atoms with Gasteiger partial charge in [-0.1, -0.05) is 11.6 Å². The van der Waals surface area contributed by atoms with Gasteiger partial charge in [0.2, 0.25) is 0 Å². The summed E-state index contributed by atoms with van der Waals surface area (Å²) in [7, 11) is 1.53. The fourth-order valence-electron chi connectivity index (χ4n) is 1.44. The maximum Gasteiger partial charge on any atom is 0.136 e. The zero-order valence-electron chi connectivity index (χ0n) is 8.24. The second-order valence-corrected chi connectivity index (χ2v) is 3.74. The van der Waals surface area contributed by atoms with Crippen LogP contribution in [0.1, 0.15) is 11.9 Å². The van der Waals surface area contributed by atoms with Crippen LogP contribution in [-0.2, 0) is 4.74 Å². The van der Waals surface area contributed by atoms with Crippen LogP contribution >= 0.6 is 11.6 Å². The summed E-state index contributed by atoms with van der Waals surface area (Å²) in [5.74, 6) is 0.495. The number of hydrogen-bond acceptors (Lipinski definition) is 3. The highest BCUT2D eigenvalue weighted by atomic mass is 35.5. The Balaban J connectivity index is 2.38. The summed E-state index contributed by atoms with van der Waals surface area (Å²) in [5.41, 5.74) is 0.713. The third-order valence-corrected chi connectivity index (χ3v) is 2.39. The highest BCUT2D eigenvalue weighted by molar-refractivity contribution is 6.31. The molecular weight excluding hydrogens is 216 g/mol. The van der Waals surface area contributed by atoms with Gasteiger partial charge < -0.3 is 14.3 Å². The number of aliphatic hydroxyl groups excluding tert-OH is 1. The molecule has 1 aromatic carbocycles. The van der Waals surface area contributed by atoms with E-state index in [9.17, 15) is 5.11 Å². The number of ether oxygens (including phenoxy) is 1. The second-order valence-electron chi connectivity index (χ2n) is 3.30. The first-order valence-electron chi connectivity index (χ1n) is 4.56. The maximum absolute atomic E-state index is 9.64. The molecule has 0 spiro atoms. The lowest BCUT2D eigenvalue weighted by molar-refractivity contribution is 0.0513. The number of hydrogen-bond donors (Lipinski definition) is 1. The van der Waals surface area contributed by atoms with Crippen molar-refractivity contribution in [2.45, 2.75) is 6.10 Å². The van der Waals surface area contributed by atoms with Crippen molar-refractivity contribution in [2.75, 3.05) is 13.7 Å². The van der Waals surface area contributed by atoms with Crippen molar-refractivity contribution in [3.63, 3.8) is 0 Å². The van der Waals surface area contributed by atoms with Crippen LogP contribution in [0.15, 0.2) is 28.7 Å². The highest BCUT2D eigenvalue weighted by Crippen LogP contribution is 2.26. The number of halogens is 1. The Morgan fingerprint density at radius 1 is 1.47 bits per heavy atom. The van der Waals surface area contributed by atoms with Crippen molar-refractivity contribution >= 4 is 22.6 Å². The lowest BCUT2D eigenvalue weighted by Crippen LogP contribution is -2.03. The molecule has 1 aromatic heterocycles. The van der Waals surface area contributed by atoms with E-state index in [1.807, 2.05) is 0 Å². The maximum atomic E-state index is 9.64. The third kappa shape index (κ3) is 2.15. The van der Waals surface area contributed by atoms with Crippen molar-refractivity contribution < 1.29 is 14.3 Å². The molecule has 3 nitrogen and oxygen atoms in total. The van der Waals surface area contributed by atoms with Gasteiger partial charge in [0, 0.05) is 17.5 Å². The molecule has 0 saturated carbocycles. The number of furan rings is 1. The fraction of sp³-hybridized carbons (Fsp3) is 0.273. The summed E-state index contributed by atoms with van der Waals surface area (Å²) in [6, 6.07) is 7.09. The molecule has 1 unspecified atom stereocenters. The topological polar surface area (TPSA) is 42.6 Å². The van der Waals surface area contributed by atoms with E-state index in [1.165, 1.54) is 7.11 Å². The van der Waals surface area contributed by atoms with E-state index in [0.717, 1.165) is 5.39 Å². The predicted octanol–water partition coefficient (Wildman–Crippen LogP) is 2.77. The molecule has 0 radical (unpaired) electrons. The van der Waals surface area contributed by atoms with Crippen molar-refractivity contribution in [1.82, 2.24) is 0 Å². The smallest absolute Gasteiger partial charge is 0.136 e. The number of rotatable bonds is 3. The average molecular weight is 227 g/mol. The van der Waals surface area contributed by atoms with Gasteiger partial charge in [-0.3, -0.25) is 0 Å². The molecule has 1 N–H and O–H groups in total. The first-order valence-corrected chi connectivity index (χ1v) is 4.94. The van der Waals surface area contributed by atoms with Gasteiger partial charge in [-0.25, -0.2) is 0 Å². The van der Waals surface area contributed by atoms with Crippen LogP contribution < -0.4 is 0 Å². The Morgan fingerprint density at radius 3 is 3.00 bits per heavy atom. The number of aliphatic hydroxyl groups is 1. The van der Waals surface area contributed by atoms with Gasteiger partial charge in [-0.05, 0) is 24.3 Å². The molecule has 0 fully saturated rings. The van der Waals surface area contributed by atoms with Crippen LogP contribution in [0.3, 0.4) is 0 Å². The monoisotopic (exact) mass is 226 g/mol. The number of fused-ring (bicyclic) bond motifs is 1. The molecule has 0 amide bonds. The number of benzene rings is 1. The van der Waals surface area contributed by atoms with Crippen LogP contribution in [0.5, 0.6) is 0 Å². The molecule has 1 heterocycles. The molecule has 4 heteroatoms. The zero-order valence-corrected chi connectivity index (χ0v) is 8.99. The minimum absolute atomic E-state index is 0.216. The normalized spacial score (nSPS) is 13.3. The molecule has 15 heavy (non-hydrogen) atoms. The predicted molar refractivity (Wildman–Crippen MR) is 58.1 cm³/mol. The second kappa shape index (κ2) is 4.23. The van der Waals surface area contributed by atoms with Gasteiger partial charge in [0.15, 0.2) is 0 Å². The first kappa shape index (κ1) is 10.5. The lowest BCUT2D eigenvalue weighted by Gasteiger charge is -2.04. The molecule has 2 aromatic rings. The first-order chi connectivity index (χ1) is 7.20. The van der Waals surface area contributed by atoms with E-state index < -0.39 is 6.10 Å². The Morgan fingerprint density at radius 2 is 2.27 bits per heavy atom. The quantitative estimate of drug-likeness (QED) is 0.875. The van der Waals surface area contributed by atoms with Gasteiger partial charge >= 0.3 is 0 Å². The fourth-order valence-corrected chi connectivity index (χ4v) is 1.62. The summed E-state index contributed by atoms with van der Waals surface area (Å²) in [6.45, 7) is 0.216. The van der Waals surface area contributed by atoms with Crippen LogP contribution in [0.4, 0.5) is 0 Å². The van der Waals surface area contributed by atoms with E-state index in [4.69, 9.17) is 20.8 Å². The van der Waals surface area contributed by atoms with Crippen LogP contribution in [0.25, 0.3) is 11.0 Å². The van der Waals surface area contributed by atoms with Gasteiger partial charge in [0.05, 0.1) is 6.61 Å². The van der Waals surface area contributed by atoms with Gasteiger partial charge in [0.1, 0.15) is 17.4 Å². The van der Waals surface area contributed by atoms with Crippen molar-refractivity contribution in [3.8, 4) is 0 Å². The Hall–Kier alpha value is -1.03. The highest BCUT2D eigenvalue weighted by Gasteiger charge is 2.12. The SMILES string of the molecule is COCC(O)c1cc2cc(Cl)ccc2o1. The zero-order chi connectivity index (χ0) is 10.8. The molecule has 0 bridgehead atoms. The lowest BCUT2D eigenvalue weighted by atomic mass is 10.2. The summed E-state index contributed by atoms with van der Waals surface area (Å²) in [4.78, 5) is 0. The molecule has 80 valence electrons. The Kier molecular flexibility index (Phi) is 2.95. The molecule has 2 rings (SSSR count). The summed E-state index contributed by atoms with van der Waals surface area (Å²) < 4.78 is 10.3. The Labute approximate surface area is 92.2 Å². The standard InChI is InChI=1S/C11H11ClO3/c1-14-6-9(13)11-5-7-4-8(12)2-3-10(7)15-11/h2-5,9,13H,6H2,1H3. The van der Waals surface area contributed by atoms with E-state index in [0.29, 0.717) is 16.4 Å². The minimum Gasteiger partial charge on any atom is -0.458 e. The van der Waals surface area contributed by atoms with E-state index >= 15 is 0 Å². The summed E-state index contributed by atoms with van der Waals surface area (Å²) in [6.07, 6.45) is -0.735. The Bertz CT molecular complexity index is 464. The molecule has 0 saturated heterocycles. The van der Waals surface area contributed by atoms with Crippen molar-refractivity contribution in [3.05, 3.63) is 35.0 Å². The minimum atomic E-state index is -0.735. The largest absolute Gasteiger partial charge is 0.458 e. The van der Waals surface area contributed by atoms with Crippen LogP contribution in [0.2, 0.25) is 5.02 Å². The van der Waals surface area contributed by atoms with E-state index in [2.05, 4.69) is 0 Å². The van der Waals surface area contributed by atoms with Crippen LogP contribution in [0, 0.1) is 0 Å². The molecule has 0 aliphatic heterocycles.